The Kier molecular flexibility index (Phi) is 5.08. The highest BCUT2D eigenvalue weighted by Gasteiger charge is 2.24. The van der Waals surface area contributed by atoms with Gasteiger partial charge in [0, 0.05) is 0 Å². The van der Waals surface area contributed by atoms with Gasteiger partial charge in [0.2, 0.25) is 0 Å². The molecule has 0 aromatic carbocycles. The SMILES string of the molecule is CCCC(C#N)NC(=O)C1COCCO1. The van der Waals surface area contributed by atoms with Crippen molar-refractivity contribution in [2.75, 3.05) is 19.8 Å². The first-order valence-electron chi connectivity index (χ1n) is 5.17. The van der Waals surface area contributed by atoms with E-state index in [4.69, 9.17) is 14.7 Å². The molecule has 0 aliphatic carbocycles. The van der Waals surface area contributed by atoms with Crippen LogP contribution in [0.25, 0.3) is 0 Å². The summed E-state index contributed by atoms with van der Waals surface area (Å²) in [5, 5.41) is 11.4. The van der Waals surface area contributed by atoms with Gasteiger partial charge in [-0.25, -0.2) is 0 Å². The normalized spacial score (nSPS) is 22.8. The van der Waals surface area contributed by atoms with Gasteiger partial charge in [-0.3, -0.25) is 4.79 Å². The number of rotatable bonds is 4. The Morgan fingerprint density at radius 3 is 3.00 bits per heavy atom. The lowest BCUT2D eigenvalue weighted by atomic mass is 10.2. The fraction of sp³-hybridized carbons (Fsp3) is 0.800. The van der Waals surface area contributed by atoms with Crippen LogP contribution in [0.2, 0.25) is 0 Å². The molecule has 1 amide bonds. The topological polar surface area (TPSA) is 71.4 Å². The van der Waals surface area contributed by atoms with Crippen molar-refractivity contribution in [1.29, 1.82) is 5.26 Å². The summed E-state index contributed by atoms with van der Waals surface area (Å²) >= 11 is 0. The number of ether oxygens (including phenoxy) is 2. The van der Waals surface area contributed by atoms with E-state index in [0.717, 1.165) is 6.42 Å². The minimum atomic E-state index is -0.563. The zero-order chi connectivity index (χ0) is 11.1. The Morgan fingerprint density at radius 2 is 2.47 bits per heavy atom. The van der Waals surface area contributed by atoms with Crippen LogP contribution in [0.3, 0.4) is 0 Å². The molecule has 2 atom stereocenters. The average Bonchev–Trinajstić information content (AvgIpc) is 2.29. The van der Waals surface area contributed by atoms with Crippen LogP contribution in [0.4, 0.5) is 0 Å². The smallest absolute Gasteiger partial charge is 0.252 e. The van der Waals surface area contributed by atoms with Gasteiger partial charge in [-0.2, -0.15) is 5.26 Å². The number of nitriles is 1. The van der Waals surface area contributed by atoms with Gasteiger partial charge in [0.1, 0.15) is 6.04 Å². The van der Waals surface area contributed by atoms with Crippen LogP contribution in [0.1, 0.15) is 19.8 Å². The third kappa shape index (κ3) is 3.86. The first kappa shape index (κ1) is 12.0. The first-order valence-corrected chi connectivity index (χ1v) is 5.17. The largest absolute Gasteiger partial charge is 0.376 e. The molecule has 84 valence electrons. The van der Waals surface area contributed by atoms with E-state index in [-0.39, 0.29) is 12.5 Å². The molecular weight excluding hydrogens is 196 g/mol. The molecule has 15 heavy (non-hydrogen) atoms. The van der Waals surface area contributed by atoms with Gasteiger partial charge in [-0.1, -0.05) is 13.3 Å². The van der Waals surface area contributed by atoms with E-state index in [1.165, 1.54) is 0 Å². The number of nitrogens with one attached hydrogen (secondary N) is 1. The van der Waals surface area contributed by atoms with Crippen LogP contribution in [-0.4, -0.2) is 37.9 Å². The number of amides is 1. The van der Waals surface area contributed by atoms with Crippen LogP contribution in [-0.2, 0) is 14.3 Å². The highest BCUT2D eigenvalue weighted by atomic mass is 16.6. The molecule has 0 aromatic heterocycles. The predicted octanol–water partition coefficient (Wildman–Crippen LogP) is 0.210. The molecule has 0 radical (unpaired) electrons. The first-order chi connectivity index (χ1) is 7.27. The van der Waals surface area contributed by atoms with Gasteiger partial charge >= 0.3 is 0 Å². The van der Waals surface area contributed by atoms with Crippen LogP contribution in [0, 0.1) is 11.3 Å². The second-order valence-electron chi connectivity index (χ2n) is 3.41. The minimum absolute atomic E-state index is 0.255. The highest BCUT2D eigenvalue weighted by molar-refractivity contribution is 5.81. The Bertz CT molecular complexity index is 244. The molecule has 2 unspecified atom stereocenters. The summed E-state index contributed by atoms with van der Waals surface area (Å²) in [5.74, 6) is -0.255. The molecular formula is C10H16N2O3. The Morgan fingerprint density at radius 1 is 1.67 bits per heavy atom. The molecule has 0 spiro atoms. The molecule has 0 aromatic rings. The number of carbonyl (C=O) groups excluding carboxylic acids is 1. The van der Waals surface area contributed by atoms with Gasteiger partial charge in [0.15, 0.2) is 6.10 Å². The molecule has 1 fully saturated rings. The molecule has 1 rings (SSSR count). The van der Waals surface area contributed by atoms with Crippen molar-refractivity contribution in [3.8, 4) is 6.07 Å². The van der Waals surface area contributed by atoms with Gasteiger partial charge in [-0.15, -0.1) is 0 Å². The molecule has 1 saturated heterocycles. The van der Waals surface area contributed by atoms with Crippen molar-refractivity contribution < 1.29 is 14.3 Å². The molecule has 1 aliphatic heterocycles. The summed E-state index contributed by atoms with van der Waals surface area (Å²) in [6.45, 7) is 3.20. The Hall–Kier alpha value is -1.12. The third-order valence-electron chi connectivity index (χ3n) is 2.16. The maximum absolute atomic E-state index is 11.6. The summed E-state index contributed by atoms with van der Waals surface area (Å²) < 4.78 is 10.3. The molecule has 0 saturated carbocycles. The van der Waals surface area contributed by atoms with E-state index in [9.17, 15) is 4.79 Å². The number of hydrogen-bond acceptors (Lipinski definition) is 4. The maximum Gasteiger partial charge on any atom is 0.252 e. The van der Waals surface area contributed by atoms with E-state index in [1.807, 2.05) is 13.0 Å². The third-order valence-corrected chi connectivity index (χ3v) is 2.16. The molecule has 1 aliphatic rings. The van der Waals surface area contributed by atoms with Crippen molar-refractivity contribution in [2.24, 2.45) is 0 Å². The van der Waals surface area contributed by atoms with Crippen LogP contribution in [0.15, 0.2) is 0 Å². The van der Waals surface area contributed by atoms with Crippen molar-refractivity contribution in [2.45, 2.75) is 31.9 Å². The summed E-state index contributed by atoms with van der Waals surface area (Å²) in [5.41, 5.74) is 0. The second kappa shape index (κ2) is 6.38. The van der Waals surface area contributed by atoms with E-state index in [1.54, 1.807) is 0 Å². The van der Waals surface area contributed by atoms with Crippen LogP contribution in [0.5, 0.6) is 0 Å². The lowest BCUT2D eigenvalue weighted by Gasteiger charge is -2.23. The van der Waals surface area contributed by atoms with Crippen molar-refractivity contribution in [3.63, 3.8) is 0 Å². The monoisotopic (exact) mass is 212 g/mol. The number of carbonyl (C=O) groups is 1. The molecule has 0 bridgehead atoms. The number of nitrogens with zero attached hydrogens (tertiary/aromatic N) is 1. The summed E-state index contributed by atoms with van der Waals surface area (Å²) in [4.78, 5) is 11.6. The van der Waals surface area contributed by atoms with E-state index in [0.29, 0.717) is 19.6 Å². The fourth-order valence-corrected chi connectivity index (χ4v) is 1.36. The summed E-state index contributed by atoms with van der Waals surface area (Å²) in [6.07, 6.45) is 0.961. The standard InChI is InChI=1S/C10H16N2O3/c1-2-3-8(6-11)12-10(13)9-7-14-4-5-15-9/h8-9H,2-5,7H2,1H3,(H,12,13). The van der Waals surface area contributed by atoms with Gasteiger partial charge in [0.25, 0.3) is 5.91 Å². The zero-order valence-corrected chi connectivity index (χ0v) is 8.86. The van der Waals surface area contributed by atoms with E-state index >= 15 is 0 Å². The second-order valence-corrected chi connectivity index (χ2v) is 3.41. The highest BCUT2D eigenvalue weighted by Crippen LogP contribution is 2.02. The van der Waals surface area contributed by atoms with Crippen molar-refractivity contribution >= 4 is 5.91 Å². The molecule has 1 N–H and O–H groups in total. The molecule has 5 nitrogen and oxygen atoms in total. The average molecular weight is 212 g/mol. The lowest BCUT2D eigenvalue weighted by Crippen LogP contribution is -2.46. The fourth-order valence-electron chi connectivity index (χ4n) is 1.36. The summed E-state index contributed by atoms with van der Waals surface area (Å²) in [7, 11) is 0. The maximum atomic E-state index is 11.6. The number of hydrogen-bond donors (Lipinski definition) is 1. The minimum Gasteiger partial charge on any atom is -0.376 e. The van der Waals surface area contributed by atoms with Gasteiger partial charge in [-0.05, 0) is 6.42 Å². The van der Waals surface area contributed by atoms with E-state index in [2.05, 4.69) is 5.32 Å². The molecule has 5 heteroatoms. The van der Waals surface area contributed by atoms with Crippen LogP contribution >= 0.6 is 0 Å². The Balaban J connectivity index is 2.36. The van der Waals surface area contributed by atoms with Crippen molar-refractivity contribution in [1.82, 2.24) is 5.32 Å². The van der Waals surface area contributed by atoms with Gasteiger partial charge in [0.05, 0.1) is 25.9 Å². The lowest BCUT2D eigenvalue weighted by molar-refractivity contribution is -0.147. The molecule has 1 heterocycles. The zero-order valence-electron chi connectivity index (χ0n) is 8.86. The van der Waals surface area contributed by atoms with Crippen LogP contribution < -0.4 is 5.32 Å². The summed E-state index contributed by atoms with van der Waals surface area (Å²) in [6, 6.07) is 1.62. The van der Waals surface area contributed by atoms with Crippen molar-refractivity contribution in [3.05, 3.63) is 0 Å². The quantitative estimate of drug-likeness (QED) is 0.723. The Labute approximate surface area is 89.3 Å². The predicted molar refractivity (Wildman–Crippen MR) is 53.0 cm³/mol. The van der Waals surface area contributed by atoms with Gasteiger partial charge < -0.3 is 14.8 Å². The van der Waals surface area contributed by atoms with E-state index < -0.39 is 12.1 Å².